The van der Waals surface area contributed by atoms with Crippen LogP contribution in [0.15, 0.2) is 60.7 Å². The Labute approximate surface area is 169 Å². The summed E-state index contributed by atoms with van der Waals surface area (Å²) in [6.07, 6.45) is 0. The number of hydrogen-bond acceptors (Lipinski definition) is 7. The van der Waals surface area contributed by atoms with Crippen LogP contribution in [0.3, 0.4) is 0 Å². The second-order valence-corrected chi connectivity index (χ2v) is 6.10. The first-order valence-corrected chi connectivity index (χ1v) is 8.57. The standard InChI is InChI=1S/C20H15N3O7/c24-17-10-13-5-2-1-4-12(13)9-16(17)20(27)30-11-18(25)21-22-19(26)14-6-3-7-15(8-14)23(28)29/h1-10,24H,11H2,(H,21,25)(H,22,26). The maximum Gasteiger partial charge on any atom is 0.342 e. The van der Waals surface area contributed by atoms with Gasteiger partial charge in [-0.25, -0.2) is 4.79 Å². The van der Waals surface area contributed by atoms with Crippen molar-refractivity contribution >= 4 is 34.2 Å². The largest absolute Gasteiger partial charge is 0.507 e. The van der Waals surface area contributed by atoms with E-state index in [9.17, 15) is 29.6 Å². The third-order valence-corrected chi connectivity index (χ3v) is 4.05. The van der Waals surface area contributed by atoms with E-state index in [4.69, 9.17) is 4.74 Å². The van der Waals surface area contributed by atoms with Crippen molar-refractivity contribution in [2.45, 2.75) is 0 Å². The van der Waals surface area contributed by atoms with Crippen LogP contribution in [-0.4, -0.2) is 34.4 Å². The number of fused-ring (bicyclic) bond motifs is 1. The number of hydrazine groups is 1. The van der Waals surface area contributed by atoms with Crippen LogP contribution in [0.5, 0.6) is 5.75 Å². The van der Waals surface area contributed by atoms with Crippen molar-refractivity contribution in [3.63, 3.8) is 0 Å². The molecule has 0 unspecified atom stereocenters. The van der Waals surface area contributed by atoms with E-state index in [1.54, 1.807) is 24.3 Å². The van der Waals surface area contributed by atoms with E-state index in [1.165, 1.54) is 30.3 Å². The van der Waals surface area contributed by atoms with Gasteiger partial charge in [-0.3, -0.25) is 30.6 Å². The van der Waals surface area contributed by atoms with E-state index in [1.807, 2.05) is 5.43 Å². The fourth-order valence-corrected chi connectivity index (χ4v) is 2.60. The molecule has 0 saturated heterocycles. The number of non-ortho nitro benzene ring substituents is 1. The van der Waals surface area contributed by atoms with E-state index in [0.29, 0.717) is 5.39 Å². The van der Waals surface area contributed by atoms with Crippen LogP contribution in [0.4, 0.5) is 5.69 Å². The average Bonchev–Trinajstić information content (AvgIpc) is 2.75. The number of nitro groups is 1. The number of rotatable bonds is 5. The lowest BCUT2D eigenvalue weighted by Gasteiger charge is -2.09. The van der Waals surface area contributed by atoms with Gasteiger partial charge in [0.2, 0.25) is 0 Å². The lowest BCUT2D eigenvalue weighted by Crippen LogP contribution is -2.43. The summed E-state index contributed by atoms with van der Waals surface area (Å²) in [4.78, 5) is 46.0. The lowest BCUT2D eigenvalue weighted by atomic mass is 10.1. The molecule has 0 saturated carbocycles. The molecule has 0 aliphatic carbocycles. The third kappa shape index (κ3) is 4.68. The highest BCUT2D eigenvalue weighted by Gasteiger charge is 2.16. The Hall–Kier alpha value is -4.47. The molecule has 0 radical (unpaired) electrons. The van der Waals surface area contributed by atoms with Crippen LogP contribution >= 0.6 is 0 Å². The second kappa shape index (κ2) is 8.69. The van der Waals surface area contributed by atoms with Gasteiger partial charge in [0.25, 0.3) is 17.5 Å². The number of benzene rings is 3. The number of amides is 2. The molecule has 0 atom stereocenters. The number of phenolic OH excluding ortho intramolecular Hbond substituents is 1. The van der Waals surface area contributed by atoms with Gasteiger partial charge in [0.1, 0.15) is 11.3 Å². The predicted octanol–water partition coefficient (Wildman–Crippen LogP) is 2.07. The van der Waals surface area contributed by atoms with Crippen LogP contribution in [0.25, 0.3) is 10.8 Å². The Morgan fingerprint density at radius 2 is 1.67 bits per heavy atom. The number of aromatic hydroxyl groups is 1. The number of nitrogens with one attached hydrogen (secondary N) is 2. The summed E-state index contributed by atoms with van der Waals surface area (Å²) in [6, 6.07) is 14.8. The molecule has 0 aliphatic heterocycles. The van der Waals surface area contributed by atoms with Crippen molar-refractivity contribution in [1.82, 2.24) is 10.9 Å². The quantitative estimate of drug-likeness (QED) is 0.332. The fourth-order valence-electron chi connectivity index (χ4n) is 2.60. The Morgan fingerprint density at radius 3 is 2.37 bits per heavy atom. The molecule has 0 spiro atoms. The highest BCUT2D eigenvalue weighted by molar-refractivity contribution is 5.99. The molecule has 3 aromatic rings. The van der Waals surface area contributed by atoms with E-state index < -0.39 is 29.3 Å². The Kier molecular flexibility index (Phi) is 5.87. The minimum Gasteiger partial charge on any atom is -0.507 e. The van der Waals surface area contributed by atoms with Crippen molar-refractivity contribution in [3.8, 4) is 5.75 Å². The zero-order valence-electron chi connectivity index (χ0n) is 15.3. The van der Waals surface area contributed by atoms with Gasteiger partial charge < -0.3 is 9.84 Å². The first-order chi connectivity index (χ1) is 14.3. The Morgan fingerprint density at radius 1 is 0.967 bits per heavy atom. The number of esters is 1. The number of carbonyl (C=O) groups is 3. The molecule has 0 aliphatic rings. The maximum atomic E-state index is 12.2. The van der Waals surface area contributed by atoms with Crippen LogP contribution in [0, 0.1) is 10.1 Å². The first-order valence-electron chi connectivity index (χ1n) is 8.57. The van der Waals surface area contributed by atoms with E-state index in [0.717, 1.165) is 11.5 Å². The summed E-state index contributed by atoms with van der Waals surface area (Å²) in [5.74, 6) is -2.84. The van der Waals surface area contributed by atoms with E-state index in [2.05, 4.69) is 5.43 Å². The van der Waals surface area contributed by atoms with E-state index >= 15 is 0 Å². The monoisotopic (exact) mass is 409 g/mol. The van der Waals surface area contributed by atoms with Crippen LogP contribution in [0.2, 0.25) is 0 Å². The topological polar surface area (TPSA) is 148 Å². The maximum absolute atomic E-state index is 12.2. The molecule has 3 rings (SSSR count). The molecule has 2 amide bonds. The highest BCUT2D eigenvalue weighted by Crippen LogP contribution is 2.25. The van der Waals surface area contributed by atoms with Crippen LogP contribution in [0.1, 0.15) is 20.7 Å². The molecule has 0 bridgehead atoms. The number of hydrogen-bond donors (Lipinski definition) is 3. The van der Waals surface area contributed by atoms with Gasteiger partial charge in [-0.1, -0.05) is 30.3 Å². The van der Waals surface area contributed by atoms with Gasteiger partial charge in [-0.15, -0.1) is 0 Å². The second-order valence-electron chi connectivity index (χ2n) is 6.10. The zero-order chi connectivity index (χ0) is 21.7. The van der Waals surface area contributed by atoms with Gasteiger partial charge in [0, 0.05) is 17.7 Å². The number of ether oxygens (including phenoxy) is 1. The molecule has 10 heteroatoms. The molecule has 3 N–H and O–H groups in total. The van der Waals surface area contributed by atoms with Crippen molar-refractivity contribution in [2.75, 3.05) is 6.61 Å². The normalized spacial score (nSPS) is 10.3. The third-order valence-electron chi connectivity index (χ3n) is 4.05. The Bertz CT molecular complexity index is 1160. The van der Waals surface area contributed by atoms with Gasteiger partial charge in [0.15, 0.2) is 6.61 Å². The van der Waals surface area contributed by atoms with Gasteiger partial charge in [0.05, 0.1) is 4.92 Å². The molecule has 0 heterocycles. The fraction of sp³-hybridized carbons (Fsp3) is 0.0500. The van der Waals surface area contributed by atoms with Crippen molar-refractivity contribution in [2.24, 2.45) is 0 Å². The summed E-state index contributed by atoms with van der Waals surface area (Å²) in [5.41, 5.74) is 3.67. The zero-order valence-corrected chi connectivity index (χ0v) is 15.3. The smallest absolute Gasteiger partial charge is 0.342 e. The molecule has 30 heavy (non-hydrogen) atoms. The minimum absolute atomic E-state index is 0.0393. The number of nitrogens with zero attached hydrogens (tertiary/aromatic N) is 1. The van der Waals surface area contributed by atoms with Crippen LogP contribution < -0.4 is 10.9 Å². The van der Waals surface area contributed by atoms with E-state index in [-0.39, 0.29) is 22.6 Å². The summed E-state index contributed by atoms with van der Waals surface area (Å²) in [7, 11) is 0. The summed E-state index contributed by atoms with van der Waals surface area (Å²) in [5, 5.41) is 22.2. The minimum atomic E-state index is -0.918. The average molecular weight is 409 g/mol. The summed E-state index contributed by atoms with van der Waals surface area (Å²) < 4.78 is 4.86. The number of carbonyl (C=O) groups excluding carboxylic acids is 3. The molecular weight excluding hydrogens is 394 g/mol. The van der Waals surface area contributed by atoms with Gasteiger partial charge in [-0.2, -0.15) is 0 Å². The molecule has 10 nitrogen and oxygen atoms in total. The molecule has 0 fully saturated rings. The summed E-state index contributed by atoms with van der Waals surface area (Å²) >= 11 is 0. The number of nitro benzene ring substituents is 1. The van der Waals surface area contributed by atoms with Crippen molar-refractivity contribution in [3.05, 3.63) is 81.9 Å². The summed E-state index contributed by atoms with van der Waals surface area (Å²) in [6.45, 7) is -0.722. The molecule has 3 aromatic carbocycles. The molecule has 0 aromatic heterocycles. The van der Waals surface area contributed by atoms with Crippen molar-refractivity contribution < 1.29 is 29.2 Å². The lowest BCUT2D eigenvalue weighted by molar-refractivity contribution is -0.384. The van der Waals surface area contributed by atoms with Crippen molar-refractivity contribution in [1.29, 1.82) is 0 Å². The molecular formula is C20H15N3O7. The van der Waals surface area contributed by atoms with Gasteiger partial charge >= 0.3 is 5.97 Å². The van der Waals surface area contributed by atoms with Gasteiger partial charge in [-0.05, 0) is 29.0 Å². The Balaban J connectivity index is 1.55. The number of phenols is 1. The van der Waals surface area contributed by atoms with Crippen LogP contribution in [-0.2, 0) is 9.53 Å². The highest BCUT2D eigenvalue weighted by atomic mass is 16.6. The first kappa shape index (κ1) is 20.3. The SMILES string of the molecule is O=C(COC(=O)c1cc2ccccc2cc1O)NNC(=O)c1cccc([N+](=O)[O-])c1. The predicted molar refractivity (Wildman–Crippen MR) is 105 cm³/mol. The molecule has 152 valence electrons.